The third-order valence-corrected chi connectivity index (χ3v) is 3.25. The van der Waals surface area contributed by atoms with Gasteiger partial charge in [0.15, 0.2) is 5.15 Å². The first-order valence-corrected chi connectivity index (χ1v) is 5.33. The van der Waals surface area contributed by atoms with Crippen LogP contribution in [0.25, 0.3) is 0 Å². The first kappa shape index (κ1) is 10.1. The lowest BCUT2D eigenvalue weighted by atomic mass is 10.1. The van der Waals surface area contributed by atoms with Crippen LogP contribution in [0.4, 0.5) is 0 Å². The second kappa shape index (κ2) is 4.01. The molecule has 14 heavy (non-hydrogen) atoms. The second-order valence-electron chi connectivity index (χ2n) is 3.55. The number of aromatic nitrogens is 2. The lowest BCUT2D eigenvalue weighted by Crippen LogP contribution is -2.18. The molecule has 1 unspecified atom stereocenters. The average Bonchev–Trinajstić information content (AvgIpc) is 2.57. The van der Waals surface area contributed by atoms with Crippen LogP contribution in [0.1, 0.15) is 24.6 Å². The predicted molar refractivity (Wildman–Crippen MR) is 56.7 cm³/mol. The van der Waals surface area contributed by atoms with Crippen molar-refractivity contribution in [3.63, 3.8) is 0 Å². The standard InChI is InChI=1S/C9H11Cl2N3/c1-14-4-2-3-8(14)7-5-6(10)9(11)13-12-7/h5,8H,2-4H2,1H3. The first-order chi connectivity index (χ1) is 6.68. The molecule has 2 rings (SSSR count). The van der Waals surface area contributed by atoms with E-state index in [1.54, 1.807) is 0 Å². The van der Waals surface area contributed by atoms with Crippen LogP contribution in [0.15, 0.2) is 6.07 Å². The lowest BCUT2D eigenvalue weighted by Gasteiger charge is -2.18. The van der Waals surface area contributed by atoms with E-state index in [0.29, 0.717) is 11.1 Å². The number of rotatable bonds is 1. The van der Waals surface area contributed by atoms with Gasteiger partial charge in [-0.2, -0.15) is 5.10 Å². The Kier molecular flexibility index (Phi) is 2.91. The van der Waals surface area contributed by atoms with Gasteiger partial charge in [0.25, 0.3) is 0 Å². The lowest BCUT2D eigenvalue weighted by molar-refractivity contribution is 0.310. The molecule has 0 saturated carbocycles. The van der Waals surface area contributed by atoms with Crippen LogP contribution in [0.3, 0.4) is 0 Å². The molecule has 76 valence electrons. The minimum Gasteiger partial charge on any atom is -0.298 e. The number of halogens is 2. The first-order valence-electron chi connectivity index (χ1n) is 4.57. The molecule has 0 aliphatic carbocycles. The van der Waals surface area contributed by atoms with Crippen molar-refractivity contribution in [1.82, 2.24) is 15.1 Å². The molecule has 0 amide bonds. The van der Waals surface area contributed by atoms with E-state index in [2.05, 4.69) is 22.1 Å². The van der Waals surface area contributed by atoms with Crippen molar-refractivity contribution in [3.05, 3.63) is 21.9 Å². The Morgan fingerprint density at radius 3 is 2.79 bits per heavy atom. The molecule has 1 aromatic rings. The van der Waals surface area contributed by atoms with E-state index < -0.39 is 0 Å². The van der Waals surface area contributed by atoms with Crippen molar-refractivity contribution in [2.45, 2.75) is 18.9 Å². The maximum atomic E-state index is 5.89. The van der Waals surface area contributed by atoms with Crippen molar-refractivity contribution in [1.29, 1.82) is 0 Å². The van der Waals surface area contributed by atoms with Crippen LogP contribution in [0.2, 0.25) is 10.2 Å². The molecule has 1 aliphatic rings. The van der Waals surface area contributed by atoms with E-state index in [1.807, 2.05) is 6.07 Å². The van der Waals surface area contributed by atoms with Gasteiger partial charge >= 0.3 is 0 Å². The summed E-state index contributed by atoms with van der Waals surface area (Å²) in [5.41, 5.74) is 0.916. The summed E-state index contributed by atoms with van der Waals surface area (Å²) in [6.45, 7) is 1.10. The Hall–Kier alpha value is -0.380. The summed E-state index contributed by atoms with van der Waals surface area (Å²) < 4.78 is 0. The highest BCUT2D eigenvalue weighted by Crippen LogP contribution is 2.30. The predicted octanol–water partition coefficient (Wildman–Crippen LogP) is 2.55. The van der Waals surface area contributed by atoms with E-state index >= 15 is 0 Å². The summed E-state index contributed by atoms with van der Waals surface area (Å²) in [4.78, 5) is 2.26. The Labute approximate surface area is 93.0 Å². The zero-order valence-corrected chi connectivity index (χ0v) is 9.39. The summed E-state index contributed by atoms with van der Waals surface area (Å²) in [5.74, 6) is 0. The fourth-order valence-corrected chi connectivity index (χ4v) is 2.06. The van der Waals surface area contributed by atoms with Gasteiger partial charge in [0.05, 0.1) is 16.8 Å². The van der Waals surface area contributed by atoms with E-state index in [4.69, 9.17) is 23.2 Å². The van der Waals surface area contributed by atoms with Crippen LogP contribution in [-0.4, -0.2) is 28.7 Å². The Bertz CT molecular complexity index is 343. The van der Waals surface area contributed by atoms with E-state index in [0.717, 1.165) is 18.7 Å². The smallest absolute Gasteiger partial charge is 0.170 e. The molecule has 1 aromatic heterocycles. The number of likely N-dealkylation sites (tertiary alicyclic amines) is 1. The molecule has 1 atom stereocenters. The van der Waals surface area contributed by atoms with Crippen molar-refractivity contribution in [2.24, 2.45) is 0 Å². The molecule has 0 radical (unpaired) electrons. The number of nitrogens with zero attached hydrogens (tertiary/aromatic N) is 3. The van der Waals surface area contributed by atoms with Crippen molar-refractivity contribution < 1.29 is 0 Å². The summed E-state index contributed by atoms with van der Waals surface area (Å²) in [6, 6.07) is 2.15. The minimum absolute atomic E-state index is 0.274. The van der Waals surface area contributed by atoms with Crippen LogP contribution >= 0.6 is 23.2 Å². The van der Waals surface area contributed by atoms with E-state index in [9.17, 15) is 0 Å². The minimum atomic E-state index is 0.274. The molecule has 3 nitrogen and oxygen atoms in total. The summed E-state index contributed by atoms with van der Waals surface area (Å²) in [6.07, 6.45) is 2.31. The van der Waals surface area contributed by atoms with Gasteiger partial charge in [-0.25, -0.2) is 0 Å². The maximum Gasteiger partial charge on any atom is 0.170 e. The molecular formula is C9H11Cl2N3. The zero-order chi connectivity index (χ0) is 10.1. The third-order valence-electron chi connectivity index (χ3n) is 2.59. The van der Waals surface area contributed by atoms with Gasteiger partial charge in [-0.3, -0.25) is 4.90 Å². The monoisotopic (exact) mass is 231 g/mol. The van der Waals surface area contributed by atoms with Gasteiger partial charge in [0.2, 0.25) is 0 Å². The maximum absolute atomic E-state index is 5.89. The highest BCUT2D eigenvalue weighted by Gasteiger charge is 2.24. The largest absolute Gasteiger partial charge is 0.298 e. The third kappa shape index (κ3) is 1.85. The average molecular weight is 232 g/mol. The van der Waals surface area contributed by atoms with E-state index in [1.165, 1.54) is 6.42 Å². The van der Waals surface area contributed by atoms with Gasteiger partial charge in [-0.15, -0.1) is 5.10 Å². The highest BCUT2D eigenvalue weighted by atomic mass is 35.5. The van der Waals surface area contributed by atoms with Gasteiger partial charge in [-0.05, 0) is 32.5 Å². The van der Waals surface area contributed by atoms with Gasteiger partial charge in [0, 0.05) is 0 Å². The molecule has 1 aliphatic heterocycles. The molecule has 0 N–H and O–H groups in total. The number of hydrogen-bond donors (Lipinski definition) is 0. The summed E-state index contributed by atoms with van der Waals surface area (Å²) in [7, 11) is 2.09. The molecule has 5 heteroatoms. The van der Waals surface area contributed by atoms with Crippen LogP contribution in [-0.2, 0) is 0 Å². The fourth-order valence-electron chi connectivity index (χ4n) is 1.81. The summed E-state index contributed by atoms with van der Waals surface area (Å²) >= 11 is 11.6. The van der Waals surface area contributed by atoms with Crippen LogP contribution in [0, 0.1) is 0 Å². The second-order valence-corrected chi connectivity index (χ2v) is 4.31. The zero-order valence-electron chi connectivity index (χ0n) is 7.87. The molecule has 0 spiro atoms. The quantitative estimate of drug-likeness (QED) is 0.745. The highest BCUT2D eigenvalue weighted by molar-refractivity contribution is 6.41. The van der Waals surface area contributed by atoms with E-state index in [-0.39, 0.29) is 5.15 Å². The molecule has 2 heterocycles. The molecule has 1 fully saturated rings. The fraction of sp³-hybridized carbons (Fsp3) is 0.556. The normalized spacial score (nSPS) is 22.9. The van der Waals surface area contributed by atoms with Crippen molar-refractivity contribution >= 4 is 23.2 Å². The SMILES string of the molecule is CN1CCCC1c1cc(Cl)c(Cl)nn1. The molecule has 1 saturated heterocycles. The van der Waals surface area contributed by atoms with Gasteiger partial charge in [0.1, 0.15) is 0 Å². The van der Waals surface area contributed by atoms with Crippen molar-refractivity contribution in [3.8, 4) is 0 Å². The van der Waals surface area contributed by atoms with Crippen molar-refractivity contribution in [2.75, 3.05) is 13.6 Å². The number of hydrogen-bond acceptors (Lipinski definition) is 3. The summed E-state index contributed by atoms with van der Waals surface area (Å²) in [5, 5.41) is 8.64. The Morgan fingerprint density at radius 1 is 1.43 bits per heavy atom. The van der Waals surface area contributed by atoms with Gasteiger partial charge < -0.3 is 0 Å². The molecular weight excluding hydrogens is 221 g/mol. The topological polar surface area (TPSA) is 29.0 Å². The Morgan fingerprint density at radius 2 is 2.21 bits per heavy atom. The van der Waals surface area contributed by atoms with Crippen LogP contribution < -0.4 is 0 Å². The molecule has 0 bridgehead atoms. The Balaban J connectivity index is 2.28. The van der Waals surface area contributed by atoms with Crippen LogP contribution in [0.5, 0.6) is 0 Å². The molecule has 0 aromatic carbocycles. The van der Waals surface area contributed by atoms with Gasteiger partial charge in [-0.1, -0.05) is 23.2 Å².